The molecule has 2 N–H and O–H groups in total. The minimum atomic E-state index is -0.678. The predicted molar refractivity (Wildman–Crippen MR) is 87.9 cm³/mol. The minimum absolute atomic E-state index is 0.341. The summed E-state index contributed by atoms with van der Waals surface area (Å²) in [5, 5.41) is 19.5. The number of halogens is 1. The van der Waals surface area contributed by atoms with Crippen molar-refractivity contribution < 1.29 is 5.11 Å². The highest BCUT2D eigenvalue weighted by Crippen LogP contribution is 2.20. The molecule has 1 atom stereocenters. The second-order valence-corrected chi connectivity index (χ2v) is 5.67. The molecule has 0 aliphatic rings. The van der Waals surface area contributed by atoms with Gasteiger partial charge in [0.15, 0.2) is 0 Å². The lowest BCUT2D eigenvalue weighted by Gasteiger charge is -2.13. The van der Waals surface area contributed by atoms with Gasteiger partial charge in [-0.2, -0.15) is 0 Å². The first kappa shape index (κ1) is 14.9. The fourth-order valence-corrected chi connectivity index (χ4v) is 2.89. The highest BCUT2D eigenvalue weighted by molar-refractivity contribution is 6.30. The second kappa shape index (κ2) is 5.99. The number of rotatable bonds is 4. The zero-order valence-electron chi connectivity index (χ0n) is 12.3. The molecule has 2 aromatic carbocycles. The van der Waals surface area contributed by atoms with E-state index in [0.29, 0.717) is 17.2 Å². The number of imidazole rings is 1. The Bertz CT molecular complexity index is 848. The summed E-state index contributed by atoms with van der Waals surface area (Å²) in [6.07, 6.45) is -0.678. The van der Waals surface area contributed by atoms with Crippen LogP contribution in [-0.4, -0.2) is 14.2 Å². The summed E-state index contributed by atoms with van der Waals surface area (Å²) in [5.41, 5.74) is 3.17. The Morgan fingerprint density at radius 2 is 1.64 bits per heavy atom. The Balaban J connectivity index is 2.02. The topological polar surface area (TPSA) is 53.9 Å². The van der Waals surface area contributed by atoms with E-state index in [-0.39, 0.29) is 0 Å². The number of aliphatic hydroxyl groups excluding tert-OH is 1. The summed E-state index contributed by atoms with van der Waals surface area (Å²) in [4.78, 5) is 0. The van der Waals surface area contributed by atoms with Crippen molar-refractivity contribution in [3.05, 3.63) is 64.7 Å². The number of fused-ring (bicyclic) bond motifs is 1. The molecule has 114 valence electrons. The SMILES string of the molecule is CCn1c(=N)n(C[C@H](O)c2ccc(Cl)cc2)c2ccccc21. The van der Waals surface area contributed by atoms with E-state index in [1.807, 2.05) is 52.5 Å². The first-order valence-corrected chi connectivity index (χ1v) is 7.65. The van der Waals surface area contributed by atoms with E-state index in [9.17, 15) is 5.11 Å². The van der Waals surface area contributed by atoms with Gasteiger partial charge in [0.1, 0.15) is 0 Å². The molecule has 3 rings (SSSR count). The van der Waals surface area contributed by atoms with E-state index in [4.69, 9.17) is 17.0 Å². The van der Waals surface area contributed by atoms with Crippen LogP contribution < -0.4 is 5.62 Å². The molecule has 1 heterocycles. The first-order chi connectivity index (χ1) is 10.6. The van der Waals surface area contributed by atoms with Crippen LogP contribution >= 0.6 is 11.6 Å². The standard InChI is InChI=1S/C17H18ClN3O/c1-2-20-14-5-3-4-6-15(14)21(17(20)19)11-16(22)12-7-9-13(18)10-8-12/h3-10,16,19,22H,2,11H2,1H3/t16-/m0/s1. The summed E-state index contributed by atoms with van der Waals surface area (Å²) in [7, 11) is 0. The molecule has 0 aliphatic carbocycles. The third-order valence-corrected chi connectivity index (χ3v) is 4.15. The van der Waals surface area contributed by atoms with Crippen LogP contribution in [0.4, 0.5) is 0 Å². The number of nitrogens with zero attached hydrogens (tertiary/aromatic N) is 2. The molecule has 0 saturated heterocycles. The normalized spacial score (nSPS) is 12.7. The summed E-state index contributed by atoms with van der Waals surface area (Å²) in [5.74, 6) is 0. The van der Waals surface area contributed by atoms with Crippen molar-refractivity contribution in [2.45, 2.75) is 26.1 Å². The Morgan fingerprint density at radius 1 is 1.05 bits per heavy atom. The van der Waals surface area contributed by atoms with Gasteiger partial charge in [0.2, 0.25) is 5.62 Å². The van der Waals surface area contributed by atoms with Gasteiger partial charge in [-0.3, -0.25) is 5.41 Å². The number of hydrogen-bond acceptors (Lipinski definition) is 2. The van der Waals surface area contributed by atoms with E-state index in [2.05, 4.69) is 0 Å². The number of aryl methyl sites for hydroxylation is 1. The molecule has 0 bridgehead atoms. The van der Waals surface area contributed by atoms with E-state index in [1.165, 1.54) is 0 Å². The van der Waals surface area contributed by atoms with Crippen LogP contribution in [0.5, 0.6) is 0 Å². The van der Waals surface area contributed by atoms with Crippen LogP contribution in [0.2, 0.25) is 5.02 Å². The van der Waals surface area contributed by atoms with Crippen LogP contribution in [0.25, 0.3) is 11.0 Å². The van der Waals surface area contributed by atoms with Crippen molar-refractivity contribution in [3.8, 4) is 0 Å². The lowest BCUT2D eigenvalue weighted by atomic mass is 10.1. The number of aromatic nitrogens is 2. The Kier molecular flexibility index (Phi) is 4.05. The third-order valence-electron chi connectivity index (χ3n) is 3.90. The van der Waals surface area contributed by atoms with Gasteiger partial charge in [0.05, 0.1) is 23.7 Å². The molecule has 22 heavy (non-hydrogen) atoms. The summed E-state index contributed by atoms with van der Waals surface area (Å²) in [6, 6.07) is 15.1. The summed E-state index contributed by atoms with van der Waals surface area (Å²) in [6.45, 7) is 3.09. The largest absolute Gasteiger partial charge is 0.387 e. The predicted octanol–water partition coefficient (Wildman–Crippen LogP) is 3.33. The molecular weight excluding hydrogens is 298 g/mol. The van der Waals surface area contributed by atoms with Crippen molar-refractivity contribution in [3.63, 3.8) is 0 Å². The molecule has 0 unspecified atom stereocenters. The van der Waals surface area contributed by atoms with Gasteiger partial charge in [-0.25, -0.2) is 0 Å². The smallest absolute Gasteiger partial charge is 0.203 e. The van der Waals surface area contributed by atoms with Gasteiger partial charge in [-0.15, -0.1) is 0 Å². The zero-order valence-corrected chi connectivity index (χ0v) is 13.1. The van der Waals surface area contributed by atoms with Crippen LogP contribution in [-0.2, 0) is 13.1 Å². The molecule has 5 heteroatoms. The highest BCUT2D eigenvalue weighted by atomic mass is 35.5. The maximum absolute atomic E-state index is 10.5. The molecule has 0 saturated carbocycles. The van der Waals surface area contributed by atoms with E-state index < -0.39 is 6.10 Å². The second-order valence-electron chi connectivity index (χ2n) is 5.23. The number of para-hydroxylation sites is 2. The van der Waals surface area contributed by atoms with Crippen LogP contribution in [0, 0.1) is 5.41 Å². The van der Waals surface area contributed by atoms with Gasteiger partial charge in [-0.1, -0.05) is 35.9 Å². The van der Waals surface area contributed by atoms with E-state index in [0.717, 1.165) is 23.1 Å². The Hall–Kier alpha value is -2.04. The van der Waals surface area contributed by atoms with Gasteiger partial charge < -0.3 is 14.2 Å². The van der Waals surface area contributed by atoms with Crippen molar-refractivity contribution >= 4 is 22.6 Å². The van der Waals surface area contributed by atoms with E-state index in [1.54, 1.807) is 12.1 Å². The van der Waals surface area contributed by atoms with Crippen molar-refractivity contribution in [2.24, 2.45) is 0 Å². The molecule has 0 spiro atoms. The molecule has 0 aliphatic heterocycles. The van der Waals surface area contributed by atoms with Gasteiger partial charge >= 0.3 is 0 Å². The van der Waals surface area contributed by atoms with Gasteiger partial charge in [0.25, 0.3) is 0 Å². The van der Waals surface area contributed by atoms with Crippen LogP contribution in [0.3, 0.4) is 0 Å². The first-order valence-electron chi connectivity index (χ1n) is 7.28. The quantitative estimate of drug-likeness (QED) is 0.762. The van der Waals surface area contributed by atoms with Gasteiger partial charge in [0, 0.05) is 11.6 Å². The number of benzene rings is 2. The molecule has 0 amide bonds. The monoisotopic (exact) mass is 315 g/mol. The number of hydrogen-bond donors (Lipinski definition) is 2. The number of aliphatic hydroxyl groups is 1. The minimum Gasteiger partial charge on any atom is -0.387 e. The number of nitrogens with one attached hydrogen (secondary N) is 1. The third kappa shape index (κ3) is 2.56. The molecular formula is C17H18ClN3O. The molecule has 4 nitrogen and oxygen atoms in total. The maximum atomic E-state index is 10.5. The maximum Gasteiger partial charge on any atom is 0.203 e. The summed E-state index contributed by atoms with van der Waals surface area (Å²) < 4.78 is 3.78. The van der Waals surface area contributed by atoms with Crippen LogP contribution in [0.1, 0.15) is 18.6 Å². The lowest BCUT2D eigenvalue weighted by Crippen LogP contribution is -2.26. The van der Waals surface area contributed by atoms with Crippen molar-refractivity contribution in [1.82, 2.24) is 9.13 Å². The average molecular weight is 316 g/mol. The molecule has 0 radical (unpaired) electrons. The average Bonchev–Trinajstić information content (AvgIpc) is 2.80. The van der Waals surface area contributed by atoms with E-state index >= 15 is 0 Å². The summed E-state index contributed by atoms with van der Waals surface area (Å²) >= 11 is 5.88. The Morgan fingerprint density at radius 3 is 2.23 bits per heavy atom. The van der Waals surface area contributed by atoms with Gasteiger partial charge in [-0.05, 0) is 36.8 Å². The van der Waals surface area contributed by atoms with Crippen molar-refractivity contribution in [2.75, 3.05) is 0 Å². The van der Waals surface area contributed by atoms with Crippen LogP contribution in [0.15, 0.2) is 48.5 Å². The fourth-order valence-electron chi connectivity index (χ4n) is 2.76. The lowest BCUT2D eigenvalue weighted by molar-refractivity contribution is 0.155. The fraction of sp³-hybridized carbons (Fsp3) is 0.235. The highest BCUT2D eigenvalue weighted by Gasteiger charge is 2.14. The Labute approximate surface area is 133 Å². The molecule has 0 fully saturated rings. The molecule has 3 aromatic rings. The van der Waals surface area contributed by atoms with Crippen molar-refractivity contribution in [1.29, 1.82) is 5.41 Å². The molecule has 1 aromatic heterocycles. The zero-order chi connectivity index (χ0) is 15.7.